The molecule has 2 rings (SSSR count). The lowest BCUT2D eigenvalue weighted by Gasteiger charge is -2.10. The van der Waals surface area contributed by atoms with E-state index in [0.29, 0.717) is 20.6 Å². The lowest BCUT2D eigenvalue weighted by molar-refractivity contribution is 0.103. The number of nitrogens with zero attached hydrogens (tertiary/aromatic N) is 2. The van der Waals surface area contributed by atoms with Crippen LogP contribution in [0.2, 0.25) is 0 Å². The van der Waals surface area contributed by atoms with Gasteiger partial charge in [0.1, 0.15) is 4.88 Å². The first-order valence-corrected chi connectivity index (χ1v) is 8.32. The number of hydrogen-bond acceptors (Lipinski definition) is 6. The molecule has 20 heavy (non-hydrogen) atoms. The van der Waals surface area contributed by atoms with Crippen LogP contribution in [0.4, 0.5) is 5.69 Å². The molecule has 0 unspecified atom stereocenters. The van der Waals surface area contributed by atoms with Crippen molar-refractivity contribution in [2.24, 2.45) is 5.14 Å². The van der Waals surface area contributed by atoms with Crippen molar-refractivity contribution in [1.82, 2.24) is 9.59 Å². The summed E-state index contributed by atoms with van der Waals surface area (Å²) in [4.78, 5) is 12.2. The van der Waals surface area contributed by atoms with Crippen LogP contribution < -0.4 is 10.5 Å². The maximum Gasteiger partial charge on any atom is 0.269 e. The van der Waals surface area contributed by atoms with E-state index in [1.807, 2.05) is 0 Å². The molecule has 106 valence electrons. The van der Waals surface area contributed by atoms with Gasteiger partial charge in [-0.2, -0.15) is 0 Å². The van der Waals surface area contributed by atoms with Crippen molar-refractivity contribution in [3.8, 4) is 0 Å². The Morgan fingerprint density at radius 1 is 1.45 bits per heavy atom. The van der Waals surface area contributed by atoms with Gasteiger partial charge in [0.05, 0.1) is 16.8 Å². The Morgan fingerprint density at radius 2 is 2.15 bits per heavy atom. The minimum absolute atomic E-state index is 0.00170. The highest BCUT2D eigenvalue weighted by molar-refractivity contribution is 9.10. The van der Waals surface area contributed by atoms with Crippen molar-refractivity contribution in [3.63, 3.8) is 0 Å². The standard InChI is InChI=1S/C10H9BrN4O3S2/c1-5-2-7(6(11)3-9(5)20(12,17)18)14-10(16)8-4-13-15-19-8/h2-4H,1H3,(H,14,16)(H2,12,17,18). The number of primary sulfonamides is 1. The van der Waals surface area contributed by atoms with E-state index >= 15 is 0 Å². The predicted octanol–water partition coefficient (Wildman–Crippen LogP) is 1.51. The highest BCUT2D eigenvalue weighted by atomic mass is 79.9. The second-order valence-electron chi connectivity index (χ2n) is 3.88. The van der Waals surface area contributed by atoms with Gasteiger partial charge in [0.25, 0.3) is 5.91 Å². The number of benzene rings is 1. The zero-order valence-electron chi connectivity index (χ0n) is 10.1. The molecule has 0 radical (unpaired) electrons. The van der Waals surface area contributed by atoms with Gasteiger partial charge >= 0.3 is 0 Å². The van der Waals surface area contributed by atoms with E-state index in [1.165, 1.54) is 18.3 Å². The summed E-state index contributed by atoms with van der Waals surface area (Å²) in [5.74, 6) is -0.372. The van der Waals surface area contributed by atoms with Crippen molar-refractivity contribution in [3.05, 3.63) is 33.2 Å². The average Bonchev–Trinajstić information content (AvgIpc) is 2.85. The largest absolute Gasteiger partial charge is 0.320 e. The molecule has 10 heteroatoms. The second-order valence-corrected chi connectivity index (χ2v) is 7.05. The molecular weight excluding hydrogens is 368 g/mol. The summed E-state index contributed by atoms with van der Waals surface area (Å²) in [7, 11) is -3.81. The lowest BCUT2D eigenvalue weighted by atomic mass is 10.2. The van der Waals surface area contributed by atoms with Gasteiger partial charge < -0.3 is 5.32 Å². The van der Waals surface area contributed by atoms with Crippen LogP contribution in [0.25, 0.3) is 0 Å². The summed E-state index contributed by atoms with van der Waals surface area (Å²) in [6.45, 7) is 1.59. The van der Waals surface area contributed by atoms with Crippen LogP contribution in [0.5, 0.6) is 0 Å². The van der Waals surface area contributed by atoms with Crippen LogP contribution in [-0.2, 0) is 10.0 Å². The maximum atomic E-state index is 11.9. The van der Waals surface area contributed by atoms with E-state index in [4.69, 9.17) is 5.14 Å². The monoisotopic (exact) mass is 376 g/mol. The summed E-state index contributed by atoms with van der Waals surface area (Å²) < 4.78 is 26.8. The van der Waals surface area contributed by atoms with Crippen LogP contribution in [-0.4, -0.2) is 23.9 Å². The number of aryl methyl sites for hydroxylation is 1. The van der Waals surface area contributed by atoms with Gasteiger partial charge in [-0.15, -0.1) is 5.10 Å². The molecule has 1 aromatic carbocycles. The normalized spacial score (nSPS) is 11.3. The first kappa shape index (κ1) is 15.0. The minimum Gasteiger partial charge on any atom is -0.320 e. The third-order valence-electron chi connectivity index (χ3n) is 2.40. The molecule has 0 aliphatic rings. The number of aromatic nitrogens is 2. The molecule has 0 aliphatic carbocycles. The SMILES string of the molecule is Cc1cc(NC(=O)c2cnns2)c(Br)cc1S(N)(=O)=O. The van der Waals surface area contributed by atoms with Crippen molar-refractivity contribution in [2.75, 3.05) is 5.32 Å². The van der Waals surface area contributed by atoms with E-state index in [-0.39, 0.29) is 10.8 Å². The van der Waals surface area contributed by atoms with Gasteiger partial charge in [-0.3, -0.25) is 4.79 Å². The molecule has 0 atom stereocenters. The number of nitrogens with two attached hydrogens (primary N) is 1. The molecule has 0 aliphatic heterocycles. The Labute approximate surface area is 127 Å². The van der Waals surface area contributed by atoms with Gasteiger partial charge in [-0.05, 0) is 52.1 Å². The molecule has 0 fully saturated rings. The van der Waals surface area contributed by atoms with Gasteiger partial charge in [0.2, 0.25) is 10.0 Å². The van der Waals surface area contributed by atoms with E-state index in [1.54, 1.807) is 6.92 Å². The fourth-order valence-corrected chi connectivity index (χ4v) is 3.31. The molecule has 0 saturated heterocycles. The topological polar surface area (TPSA) is 115 Å². The first-order valence-electron chi connectivity index (χ1n) is 5.20. The van der Waals surface area contributed by atoms with Gasteiger partial charge in [-0.25, -0.2) is 13.6 Å². The third kappa shape index (κ3) is 3.20. The molecular formula is C10H9BrN4O3S2. The number of halogens is 1. The number of hydrogen-bond donors (Lipinski definition) is 2. The second kappa shape index (κ2) is 5.56. The fourth-order valence-electron chi connectivity index (χ4n) is 1.52. The van der Waals surface area contributed by atoms with Crippen LogP contribution >= 0.6 is 27.5 Å². The maximum absolute atomic E-state index is 11.9. The molecule has 2 aromatic rings. The zero-order chi connectivity index (χ0) is 14.9. The van der Waals surface area contributed by atoms with E-state index in [2.05, 4.69) is 30.8 Å². The fraction of sp³-hybridized carbons (Fsp3) is 0.100. The van der Waals surface area contributed by atoms with Crippen molar-refractivity contribution >= 4 is 49.1 Å². The number of amides is 1. The number of sulfonamides is 1. The molecule has 1 aromatic heterocycles. The van der Waals surface area contributed by atoms with Crippen molar-refractivity contribution in [2.45, 2.75) is 11.8 Å². The Kier molecular flexibility index (Phi) is 4.18. The molecule has 0 spiro atoms. The summed E-state index contributed by atoms with van der Waals surface area (Å²) in [6.07, 6.45) is 1.35. The minimum atomic E-state index is -3.81. The molecule has 1 heterocycles. The Balaban J connectivity index is 2.35. The summed E-state index contributed by atoms with van der Waals surface area (Å²) in [5, 5.41) is 11.3. The number of carbonyl (C=O) groups is 1. The van der Waals surface area contributed by atoms with Crippen LogP contribution in [0, 0.1) is 6.92 Å². The average molecular weight is 377 g/mol. The van der Waals surface area contributed by atoms with Gasteiger partial charge in [0, 0.05) is 4.47 Å². The summed E-state index contributed by atoms with van der Waals surface area (Å²) in [6, 6.07) is 2.88. The van der Waals surface area contributed by atoms with E-state index in [0.717, 1.165) is 11.5 Å². The third-order valence-corrected chi connectivity index (χ3v) is 4.78. The summed E-state index contributed by atoms with van der Waals surface area (Å²) in [5.41, 5.74) is 0.877. The molecule has 3 N–H and O–H groups in total. The molecule has 7 nitrogen and oxygen atoms in total. The molecule has 1 amide bonds. The Hall–Kier alpha value is -1.36. The number of carbonyl (C=O) groups excluding carboxylic acids is 1. The Morgan fingerprint density at radius 3 is 2.70 bits per heavy atom. The van der Waals surface area contributed by atoms with Gasteiger partial charge in [0.15, 0.2) is 0 Å². The highest BCUT2D eigenvalue weighted by Gasteiger charge is 2.16. The highest BCUT2D eigenvalue weighted by Crippen LogP contribution is 2.28. The lowest BCUT2D eigenvalue weighted by Crippen LogP contribution is -2.15. The predicted molar refractivity (Wildman–Crippen MR) is 78.1 cm³/mol. The number of nitrogens with one attached hydrogen (secondary N) is 1. The van der Waals surface area contributed by atoms with E-state index in [9.17, 15) is 13.2 Å². The number of rotatable bonds is 3. The molecule has 0 bridgehead atoms. The van der Waals surface area contributed by atoms with Crippen molar-refractivity contribution < 1.29 is 13.2 Å². The van der Waals surface area contributed by atoms with E-state index < -0.39 is 10.0 Å². The van der Waals surface area contributed by atoms with Crippen molar-refractivity contribution in [1.29, 1.82) is 0 Å². The molecule has 0 saturated carbocycles. The quantitative estimate of drug-likeness (QED) is 0.841. The Bertz CT molecular complexity index is 759. The number of anilines is 1. The summed E-state index contributed by atoms with van der Waals surface area (Å²) >= 11 is 4.17. The van der Waals surface area contributed by atoms with Crippen LogP contribution in [0.3, 0.4) is 0 Å². The smallest absolute Gasteiger partial charge is 0.269 e. The first-order chi connectivity index (χ1) is 9.29. The van der Waals surface area contributed by atoms with Crippen LogP contribution in [0.15, 0.2) is 27.7 Å². The van der Waals surface area contributed by atoms with Crippen LogP contribution in [0.1, 0.15) is 15.2 Å². The van der Waals surface area contributed by atoms with Gasteiger partial charge in [-0.1, -0.05) is 4.49 Å². The zero-order valence-corrected chi connectivity index (χ0v) is 13.3.